The molecule has 1 nitrogen and oxygen atoms in total. The van der Waals surface area contributed by atoms with Crippen molar-refractivity contribution >= 4 is 5.57 Å². The van der Waals surface area contributed by atoms with Gasteiger partial charge in [0.2, 0.25) is 0 Å². The third kappa shape index (κ3) is 2.97. The molecule has 1 rings (SSSR count). The van der Waals surface area contributed by atoms with Gasteiger partial charge in [0.25, 0.3) is 0 Å². The van der Waals surface area contributed by atoms with Crippen LogP contribution in [0.1, 0.15) is 18.4 Å². The molecule has 0 unspecified atom stereocenters. The summed E-state index contributed by atoms with van der Waals surface area (Å²) in [5.41, 5.74) is 0.0839. The molecule has 0 radical (unpaired) electrons. The van der Waals surface area contributed by atoms with Gasteiger partial charge in [-0.3, -0.25) is 0 Å². The topological polar surface area (TPSA) is 13.1 Å². The quantitative estimate of drug-likeness (QED) is 0.659. The minimum atomic E-state index is -4.29. The van der Waals surface area contributed by atoms with Gasteiger partial charge in [-0.2, -0.15) is 13.2 Å². The van der Waals surface area contributed by atoms with Crippen LogP contribution in [0.25, 0.3) is 5.57 Å². The molecule has 1 aromatic heterocycles. The third-order valence-corrected chi connectivity index (χ3v) is 1.51. The van der Waals surface area contributed by atoms with Crippen LogP contribution in [-0.4, -0.2) is 6.18 Å². The van der Waals surface area contributed by atoms with Crippen LogP contribution < -0.4 is 0 Å². The summed E-state index contributed by atoms with van der Waals surface area (Å²) in [6.45, 7) is 3.05. The maximum absolute atomic E-state index is 11.9. The number of aryl methyl sites for hydroxylation is 1. The van der Waals surface area contributed by atoms with Crippen molar-refractivity contribution in [2.45, 2.75) is 20.0 Å². The maximum atomic E-state index is 11.9. The molecule has 72 valence electrons. The van der Waals surface area contributed by atoms with Crippen LogP contribution in [0.2, 0.25) is 0 Å². The predicted molar refractivity (Wildman–Crippen MR) is 43.2 cm³/mol. The average molecular weight is 190 g/mol. The highest BCUT2D eigenvalue weighted by Crippen LogP contribution is 2.24. The van der Waals surface area contributed by atoms with E-state index in [9.17, 15) is 13.2 Å². The summed E-state index contributed by atoms with van der Waals surface area (Å²) in [4.78, 5) is 0. The van der Waals surface area contributed by atoms with Gasteiger partial charge in [0.15, 0.2) is 0 Å². The number of alkyl halides is 3. The molecule has 0 fully saturated rings. The first kappa shape index (κ1) is 9.89. The second kappa shape index (κ2) is 3.28. The van der Waals surface area contributed by atoms with Crippen LogP contribution in [0, 0.1) is 6.92 Å². The van der Waals surface area contributed by atoms with E-state index in [-0.39, 0.29) is 17.4 Å². The van der Waals surface area contributed by atoms with Gasteiger partial charge < -0.3 is 4.42 Å². The lowest BCUT2D eigenvalue weighted by atomic mass is 10.2. The summed E-state index contributed by atoms with van der Waals surface area (Å²) in [6, 6.07) is 3.15. The first-order valence-corrected chi connectivity index (χ1v) is 3.71. The summed E-state index contributed by atoms with van der Waals surface area (Å²) in [5.74, 6) is 0.861. The molecule has 0 atom stereocenters. The molecule has 4 heteroatoms. The molecule has 13 heavy (non-hydrogen) atoms. The van der Waals surface area contributed by atoms with Crippen LogP contribution in [-0.2, 0) is 0 Å². The van der Waals surface area contributed by atoms with Crippen molar-refractivity contribution < 1.29 is 17.6 Å². The van der Waals surface area contributed by atoms with Crippen molar-refractivity contribution in [1.82, 2.24) is 0 Å². The largest absolute Gasteiger partial charge is 0.462 e. The van der Waals surface area contributed by atoms with Crippen LogP contribution in [0.4, 0.5) is 13.2 Å². The Bertz CT molecular complexity index is 320. The zero-order chi connectivity index (χ0) is 10.1. The lowest BCUT2D eigenvalue weighted by molar-refractivity contribution is -0.0794. The first-order valence-electron chi connectivity index (χ1n) is 3.71. The van der Waals surface area contributed by atoms with Crippen molar-refractivity contribution in [2.75, 3.05) is 0 Å². The molecule has 0 aliphatic rings. The first-order chi connectivity index (χ1) is 5.88. The van der Waals surface area contributed by atoms with Gasteiger partial charge in [-0.15, -0.1) is 0 Å². The Kier molecular flexibility index (Phi) is 2.50. The highest BCUT2D eigenvalue weighted by atomic mass is 19.4. The minimum Gasteiger partial charge on any atom is -0.462 e. The number of rotatable bonds is 1. The van der Waals surface area contributed by atoms with Gasteiger partial charge in [-0.05, 0) is 31.6 Å². The zero-order valence-electron chi connectivity index (χ0n) is 7.27. The van der Waals surface area contributed by atoms with E-state index in [1.807, 2.05) is 0 Å². The van der Waals surface area contributed by atoms with Crippen molar-refractivity contribution in [2.24, 2.45) is 0 Å². The lowest BCUT2D eigenvalue weighted by Gasteiger charge is -2.00. The SMILES string of the molecule is C/C(=C\C(F)(F)F)c1ccc(C)o1. The van der Waals surface area contributed by atoms with E-state index in [2.05, 4.69) is 0 Å². The van der Waals surface area contributed by atoms with Crippen molar-refractivity contribution in [3.8, 4) is 0 Å². The molecule has 1 aromatic rings. The Balaban J connectivity index is 2.91. The monoisotopic (exact) mass is 190 g/mol. The van der Waals surface area contributed by atoms with E-state index in [4.69, 9.17) is 4.42 Å². The van der Waals surface area contributed by atoms with E-state index in [0.717, 1.165) is 0 Å². The van der Waals surface area contributed by atoms with Gasteiger partial charge in [0.1, 0.15) is 11.5 Å². The van der Waals surface area contributed by atoms with Gasteiger partial charge in [0, 0.05) is 6.08 Å². The van der Waals surface area contributed by atoms with Gasteiger partial charge in [-0.25, -0.2) is 0 Å². The second-order valence-electron chi connectivity index (χ2n) is 2.78. The summed E-state index contributed by atoms with van der Waals surface area (Å²) < 4.78 is 40.7. The molecule has 1 heterocycles. The van der Waals surface area contributed by atoms with Gasteiger partial charge >= 0.3 is 6.18 Å². The Morgan fingerprint density at radius 2 is 2.00 bits per heavy atom. The molecule has 0 N–H and O–H groups in total. The molecule has 0 spiro atoms. The molecule has 0 aliphatic carbocycles. The molecule has 0 aliphatic heterocycles. The number of halogens is 3. The predicted octanol–water partition coefficient (Wildman–Crippen LogP) is 3.55. The van der Waals surface area contributed by atoms with Gasteiger partial charge in [-0.1, -0.05) is 0 Å². The summed E-state index contributed by atoms with van der Waals surface area (Å²) in [7, 11) is 0. The van der Waals surface area contributed by atoms with E-state index in [0.29, 0.717) is 5.76 Å². The molecular weight excluding hydrogens is 181 g/mol. The van der Waals surface area contributed by atoms with Gasteiger partial charge in [0.05, 0.1) is 0 Å². The maximum Gasteiger partial charge on any atom is 0.410 e. The second-order valence-corrected chi connectivity index (χ2v) is 2.78. The summed E-state index contributed by atoms with van der Waals surface area (Å²) in [5, 5.41) is 0. The third-order valence-electron chi connectivity index (χ3n) is 1.51. The van der Waals surface area contributed by atoms with E-state index >= 15 is 0 Å². The van der Waals surface area contributed by atoms with E-state index in [1.165, 1.54) is 13.0 Å². The fraction of sp³-hybridized carbons (Fsp3) is 0.333. The number of hydrogen-bond acceptors (Lipinski definition) is 1. The number of allylic oxidation sites excluding steroid dienone is 2. The highest BCUT2D eigenvalue weighted by Gasteiger charge is 2.24. The van der Waals surface area contributed by atoms with Crippen LogP contribution >= 0.6 is 0 Å². The smallest absolute Gasteiger partial charge is 0.410 e. The standard InChI is InChI=1S/C9H9F3O/c1-6(5-9(10,11)12)8-4-3-7(2)13-8/h3-5H,1-2H3/b6-5+. The van der Waals surface area contributed by atoms with Crippen molar-refractivity contribution in [3.05, 3.63) is 29.7 Å². The fourth-order valence-corrected chi connectivity index (χ4v) is 0.963. The molecule has 0 saturated heterocycles. The summed E-state index contributed by atoms with van der Waals surface area (Å²) in [6.07, 6.45) is -4.06. The van der Waals surface area contributed by atoms with Crippen LogP contribution in [0.3, 0.4) is 0 Å². The Morgan fingerprint density at radius 3 is 2.38 bits per heavy atom. The number of furan rings is 1. The van der Waals surface area contributed by atoms with Crippen molar-refractivity contribution in [1.29, 1.82) is 0 Å². The Hall–Kier alpha value is -1.19. The van der Waals surface area contributed by atoms with E-state index in [1.54, 1.807) is 13.0 Å². The lowest BCUT2D eigenvalue weighted by Crippen LogP contribution is -2.01. The normalized spacial score (nSPS) is 13.5. The van der Waals surface area contributed by atoms with Crippen molar-refractivity contribution in [3.63, 3.8) is 0 Å². The molecule has 0 aromatic carbocycles. The summed E-state index contributed by atoms with van der Waals surface area (Å²) >= 11 is 0. The minimum absolute atomic E-state index is 0.0839. The highest BCUT2D eigenvalue weighted by molar-refractivity contribution is 5.59. The van der Waals surface area contributed by atoms with Crippen LogP contribution in [0.15, 0.2) is 22.6 Å². The fourth-order valence-electron chi connectivity index (χ4n) is 0.963. The van der Waals surface area contributed by atoms with Crippen LogP contribution in [0.5, 0.6) is 0 Å². The zero-order valence-corrected chi connectivity index (χ0v) is 7.27. The van der Waals surface area contributed by atoms with E-state index < -0.39 is 6.18 Å². The number of hydrogen-bond donors (Lipinski definition) is 0. The molecular formula is C9H9F3O. The molecule has 0 saturated carbocycles. The Labute approximate surface area is 73.9 Å². The molecule has 0 bridgehead atoms. The molecule has 0 amide bonds. The Morgan fingerprint density at radius 1 is 1.38 bits per heavy atom. The average Bonchev–Trinajstić information content (AvgIpc) is 2.31.